The Kier molecular flexibility index (Phi) is 6.54. The molecule has 0 aliphatic carbocycles. The van der Waals surface area contributed by atoms with E-state index in [9.17, 15) is 9.18 Å². The summed E-state index contributed by atoms with van der Waals surface area (Å²) < 4.78 is 20.9. The number of carbonyl (C=O) groups is 1. The Hall–Kier alpha value is -2.28. The van der Waals surface area contributed by atoms with Crippen LogP contribution in [0.15, 0.2) is 24.3 Å². The predicted octanol–water partition coefficient (Wildman–Crippen LogP) is 3.46. The van der Waals surface area contributed by atoms with Gasteiger partial charge in [-0.3, -0.25) is 4.79 Å². The molecule has 0 radical (unpaired) electrons. The first-order valence-corrected chi connectivity index (χ1v) is 10.8. The van der Waals surface area contributed by atoms with Crippen LogP contribution < -0.4 is 0 Å². The predicted molar refractivity (Wildman–Crippen MR) is 108 cm³/mol. The van der Waals surface area contributed by atoms with Crippen molar-refractivity contribution in [3.63, 3.8) is 0 Å². The van der Waals surface area contributed by atoms with E-state index in [4.69, 9.17) is 4.74 Å². The van der Waals surface area contributed by atoms with E-state index in [0.717, 1.165) is 68.8 Å². The standard InChI is InChI=1S/C22H29FN4O2/c23-19-7-5-17(6-8-19)21-25-24-20-9-14-26(12-3-1-2-4-13-27(20)21)22(28)18-10-15-29-16-11-18/h5-8,18H,1-4,9-16H2. The van der Waals surface area contributed by atoms with E-state index in [2.05, 4.69) is 14.8 Å². The lowest BCUT2D eigenvalue weighted by Gasteiger charge is -2.29. The molecule has 3 heterocycles. The highest BCUT2D eigenvalue weighted by atomic mass is 19.1. The fourth-order valence-corrected chi connectivity index (χ4v) is 4.26. The Morgan fingerprint density at radius 3 is 2.45 bits per heavy atom. The molecule has 2 aromatic rings. The third-order valence-electron chi connectivity index (χ3n) is 5.98. The van der Waals surface area contributed by atoms with E-state index >= 15 is 0 Å². The number of carbonyl (C=O) groups excluding carboxylic acids is 1. The minimum absolute atomic E-state index is 0.0847. The summed E-state index contributed by atoms with van der Waals surface area (Å²) in [5.41, 5.74) is 0.871. The Morgan fingerprint density at radius 1 is 0.966 bits per heavy atom. The van der Waals surface area contributed by atoms with Crippen LogP contribution in [-0.2, 0) is 22.5 Å². The maximum absolute atomic E-state index is 13.3. The van der Waals surface area contributed by atoms with Gasteiger partial charge in [0.25, 0.3) is 0 Å². The summed E-state index contributed by atoms with van der Waals surface area (Å²) in [4.78, 5) is 15.1. The second kappa shape index (κ2) is 9.48. The Bertz CT molecular complexity index is 815. The molecule has 6 nitrogen and oxygen atoms in total. The van der Waals surface area contributed by atoms with Crippen molar-refractivity contribution in [2.45, 2.75) is 51.5 Å². The van der Waals surface area contributed by atoms with Crippen molar-refractivity contribution in [1.29, 1.82) is 0 Å². The molecule has 1 aromatic heterocycles. The van der Waals surface area contributed by atoms with Crippen molar-refractivity contribution >= 4 is 5.91 Å². The van der Waals surface area contributed by atoms with Crippen molar-refractivity contribution in [1.82, 2.24) is 19.7 Å². The van der Waals surface area contributed by atoms with Gasteiger partial charge in [-0.2, -0.15) is 0 Å². The number of aromatic nitrogens is 3. The molecule has 29 heavy (non-hydrogen) atoms. The number of hydrogen-bond acceptors (Lipinski definition) is 4. The monoisotopic (exact) mass is 400 g/mol. The van der Waals surface area contributed by atoms with Crippen molar-refractivity contribution in [3.05, 3.63) is 35.9 Å². The van der Waals surface area contributed by atoms with E-state index < -0.39 is 0 Å². The molecule has 2 aliphatic heterocycles. The number of ether oxygens (including phenoxy) is 1. The Balaban J connectivity index is 1.53. The molecule has 156 valence electrons. The van der Waals surface area contributed by atoms with Crippen LogP contribution in [0, 0.1) is 11.7 Å². The molecular formula is C22H29FN4O2. The van der Waals surface area contributed by atoms with Gasteiger partial charge >= 0.3 is 0 Å². The second-order valence-electron chi connectivity index (χ2n) is 7.97. The molecule has 4 rings (SSSR count). The molecule has 0 N–H and O–H groups in total. The van der Waals surface area contributed by atoms with E-state index in [0.29, 0.717) is 26.2 Å². The van der Waals surface area contributed by atoms with E-state index in [1.165, 1.54) is 12.1 Å². The number of amides is 1. The zero-order valence-electron chi connectivity index (χ0n) is 16.9. The van der Waals surface area contributed by atoms with Gasteiger partial charge < -0.3 is 14.2 Å². The number of fused-ring (bicyclic) bond motifs is 1. The topological polar surface area (TPSA) is 60.2 Å². The highest BCUT2D eigenvalue weighted by molar-refractivity contribution is 5.79. The molecule has 0 bridgehead atoms. The van der Waals surface area contributed by atoms with Gasteiger partial charge in [0.15, 0.2) is 5.82 Å². The molecule has 0 saturated carbocycles. The summed E-state index contributed by atoms with van der Waals surface area (Å²) in [5.74, 6) is 1.77. The molecule has 1 amide bonds. The molecular weight excluding hydrogens is 371 g/mol. The third kappa shape index (κ3) is 4.83. The van der Waals surface area contributed by atoms with E-state index in [1.54, 1.807) is 12.1 Å². The van der Waals surface area contributed by atoms with Crippen molar-refractivity contribution in [2.75, 3.05) is 26.3 Å². The number of rotatable bonds is 2. The number of hydrogen-bond donors (Lipinski definition) is 0. The van der Waals surface area contributed by atoms with Crippen LogP contribution in [0.1, 0.15) is 44.3 Å². The van der Waals surface area contributed by atoms with Crippen LogP contribution in [0.4, 0.5) is 4.39 Å². The second-order valence-corrected chi connectivity index (χ2v) is 7.97. The molecule has 1 aromatic carbocycles. The molecule has 0 spiro atoms. The van der Waals surface area contributed by atoms with Crippen LogP contribution >= 0.6 is 0 Å². The smallest absolute Gasteiger partial charge is 0.225 e. The minimum atomic E-state index is -0.256. The van der Waals surface area contributed by atoms with E-state index in [-0.39, 0.29) is 17.6 Å². The summed E-state index contributed by atoms with van der Waals surface area (Å²) in [6, 6.07) is 6.41. The van der Waals surface area contributed by atoms with Crippen molar-refractivity contribution in [2.24, 2.45) is 5.92 Å². The Morgan fingerprint density at radius 2 is 1.69 bits per heavy atom. The summed E-state index contributed by atoms with van der Waals surface area (Å²) in [6.45, 7) is 3.69. The minimum Gasteiger partial charge on any atom is -0.381 e. The molecule has 1 fully saturated rings. The quantitative estimate of drug-likeness (QED) is 0.775. The van der Waals surface area contributed by atoms with Crippen LogP contribution in [0.25, 0.3) is 11.4 Å². The lowest BCUT2D eigenvalue weighted by atomic mass is 9.98. The lowest BCUT2D eigenvalue weighted by molar-refractivity contribution is -0.138. The third-order valence-corrected chi connectivity index (χ3v) is 5.98. The van der Waals surface area contributed by atoms with E-state index in [1.807, 2.05) is 4.90 Å². The lowest BCUT2D eigenvalue weighted by Crippen LogP contribution is -2.40. The number of benzene rings is 1. The molecule has 0 unspecified atom stereocenters. The zero-order chi connectivity index (χ0) is 20.1. The summed E-state index contributed by atoms with van der Waals surface area (Å²) in [5, 5.41) is 8.82. The SMILES string of the molecule is O=C(C1CCOCC1)N1CCCCCCn2c(nnc2-c2ccc(F)cc2)CC1. The van der Waals surface area contributed by atoms with Gasteiger partial charge in [0.05, 0.1) is 0 Å². The highest BCUT2D eigenvalue weighted by Crippen LogP contribution is 2.22. The average molecular weight is 400 g/mol. The maximum Gasteiger partial charge on any atom is 0.225 e. The molecule has 7 heteroatoms. The van der Waals surface area contributed by atoms with Gasteiger partial charge in [-0.05, 0) is 49.9 Å². The summed E-state index contributed by atoms with van der Waals surface area (Å²) in [7, 11) is 0. The average Bonchev–Trinajstić information content (AvgIpc) is 3.14. The first-order chi connectivity index (χ1) is 14.2. The van der Waals surface area contributed by atoms with Gasteiger partial charge in [-0.15, -0.1) is 10.2 Å². The zero-order valence-corrected chi connectivity index (χ0v) is 16.9. The van der Waals surface area contributed by atoms with Crippen LogP contribution in [0.3, 0.4) is 0 Å². The summed E-state index contributed by atoms with van der Waals surface area (Å²) >= 11 is 0. The van der Waals surface area contributed by atoms with Crippen LogP contribution in [0.5, 0.6) is 0 Å². The normalized spacial score (nSPS) is 19.4. The first-order valence-electron chi connectivity index (χ1n) is 10.8. The number of nitrogens with zero attached hydrogens (tertiary/aromatic N) is 4. The Labute approximate surface area is 171 Å². The number of halogens is 1. The van der Waals surface area contributed by atoms with Crippen molar-refractivity contribution < 1.29 is 13.9 Å². The largest absolute Gasteiger partial charge is 0.381 e. The fourth-order valence-electron chi connectivity index (χ4n) is 4.26. The van der Waals surface area contributed by atoms with Crippen LogP contribution in [-0.4, -0.2) is 51.9 Å². The molecule has 1 saturated heterocycles. The molecule has 0 atom stereocenters. The van der Waals surface area contributed by atoms with Gasteiger partial charge in [-0.1, -0.05) is 12.8 Å². The fraction of sp³-hybridized carbons (Fsp3) is 0.591. The van der Waals surface area contributed by atoms with Gasteiger partial charge in [0, 0.05) is 50.8 Å². The molecule has 2 aliphatic rings. The van der Waals surface area contributed by atoms with Crippen molar-refractivity contribution in [3.8, 4) is 11.4 Å². The van der Waals surface area contributed by atoms with Gasteiger partial charge in [-0.25, -0.2) is 4.39 Å². The van der Waals surface area contributed by atoms with Gasteiger partial charge in [0.2, 0.25) is 5.91 Å². The highest BCUT2D eigenvalue weighted by Gasteiger charge is 2.27. The first kappa shape index (κ1) is 20.0. The van der Waals surface area contributed by atoms with Crippen LogP contribution in [0.2, 0.25) is 0 Å². The maximum atomic E-state index is 13.3. The summed E-state index contributed by atoms with van der Waals surface area (Å²) in [6.07, 6.45) is 6.64. The van der Waals surface area contributed by atoms with Gasteiger partial charge in [0.1, 0.15) is 11.6 Å².